The van der Waals surface area contributed by atoms with Gasteiger partial charge in [-0.15, -0.1) is 0 Å². The summed E-state index contributed by atoms with van der Waals surface area (Å²) in [4.78, 5) is 14.4. The monoisotopic (exact) mass is 244 g/mol. The van der Waals surface area contributed by atoms with Gasteiger partial charge >= 0.3 is 0 Å². The Balaban J connectivity index is 1.66. The summed E-state index contributed by atoms with van der Waals surface area (Å²) >= 11 is 0. The molecule has 18 heavy (non-hydrogen) atoms. The number of aryl methyl sites for hydroxylation is 1. The highest BCUT2D eigenvalue weighted by molar-refractivity contribution is 5.79. The topological polar surface area (TPSA) is 32.3 Å². The van der Waals surface area contributed by atoms with Crippen LogP contribution in [-0.2, 0) is 11.2 Å². The van der Waals surface area contributed by atoms with E-state index in [1.807, 2.05) is 0 Å². The van der Waals surface area contributed by atoms with Crippen LogP contribution in [0, 0.1) is 12.8 Å². The molecule has 0 bridgehead atoms. The SMILES string of the molecule is Cc1ccc(CC(=O)N2CC[C@@H]3CNC[C@@H]32)cc1. The van der Waals surface area contributed by atoms with E-state index in [0.717, 1.165) is 31.6 Å². The molecule has 1 N–H and O–H groups in total. The molecule has 2 saturated heterocycles. The lowest BCUT2D eigenvalue weighted by Crippen LogP contribution is -2.39. The smallest absolute Gasteiger partial charge is 0.227 e. The summed E-state index contributed by atoms with van der Waals surface area (Å²) in [6, 6.07) is 8.73. The largest absolute Gasteiger partial charge is 0.338 e. The van der Waals surface area contributed by atoms with Crippen molar-refractivity contribution < 1.29 is 4.79 Å². The van der Waals surface area contributed by atoms with Crippen molar-refractivity contribution in [2.24, 2.45) is 5.92 Å². The Morgan fingerprint density at radius 1 is 1.33 bits per heavy atom. The summed E-state index contributed by atoms with van der Waals surface area (Å²) in [6.07, 6.45) is 1.71. The molecule has 1 amide bonds. The van der Waals surface area contributed by atoms with E-state index >= 15 is 0 Å². The third-order valence-corrected chi connectivity index (χ3v) is 4.24. The summed E-state index contributed by atoms with van der Waals surface area (Å²) in [5.41, 5.74) is 2.37. The van der Waals surface area contributed by atoms with E-state index in [2.05, 4.69) is 41.4 Å². The maximum atomic E-state index is 12.3. The zero-order valence-corrected chi connectivity index (χ0v) is 10.9. The molecule has 2 fully saturated rings. The van der Waals surface area contributed by atoms with Gasteiger partial charge in [-0.1, -0.05) is 29.8 Å². The van der Waals surface area contributed by atoms with E-state index in [1.54, 1.807) is 0 Å². The van der Waals surface area contributed by atoms with Crippen molar-refractivity contribution >= 4 is 5.91 Å². The van der Waals surface area contributed by atoms with E-state index in [0.29, 0.717) is 18.4 Å². The maximum absolute atomic E-state index is 12.3. The Morgan fingerprint density at radius 3 is 2.89 bits per heavy atom. The van der Waals surface area contributed by atoms with Crippen molar-refractivity contribution in [1.29, 1.82) is 0 Å². The number of carbonyl (C=O) groups is 1. The highest BCUT2D eigenvalue weighted by Gasteiger charge is 2.39. The first-order chi connectivity index (χ1) is 8.74. The van der Waals surface area contributed by atoms with Crippen LogP contribution in [0.25, 0.3) is 0 Å². The van der Waals surface area contributed by atoms with Gasteiger partial charge in [0.1, 0.15) is 0 Å². The number of amides is 1. The predicted molar refractivity (Wildman–Crippen MR) is 71.4 cm³/mol. The molecule has 3 heteroatoms. The molecular weight excluding hydrogens is 224 g/mol. The van der Waals surface area contributed by atoms with Crippen LogP contribution in [0.1, 0.15) is 17.5 Å². The average Bonchev–Trinajstić information content (AvgIpc) is 2.93. The molecule has 2 aliphatic heterocycles. The van der Waals surface area contributed by atoms with Crippen molar-refractivity contribution in [3.63, 3.8) is 0 Å². The molecule has 3 nitrogen and oxygen atoms in total. The molecule has 0 aliphatic carbocycles. The van der Waals surface area contributed by atoms with Gasteiger partial charge in [0, 0.05) is 25.7 Å². The van der Waals surface area contributed by atoms with Crippen LogP contribution in [0.4, 0.5) is 0 Å². The normalized spacial score (nSPS) is 26.4. The number of hydrogen-bond acceptors (Lipinski definition) is 2. The van der Waals surface area contributed by atoms with Crippen LogP contribution in [0.3, 0.4) is 0 Å². The summed E-state index contributed by atoms with van der Waals surface area (Å²) < 4.78 is 0. The number of nitrogens with zero attached hydrogens (tertiary/aromatic N) is 1. The minimum atomic E-state index is 0.287. The number of likely N-dealkylation sites (tertiary alicyclic amines) is 1. The second-order valence-corrected chi connectivity index (χ2v) is 5.52. The fourth-order valence-corrected chi connectivity index (χ4v) is 3.14. The fourth-order valence-electron chi connectivity index (χ4n) is 3.14. The van der Waals surface area contributed by atoms with Crippen LogP contribution in [-0.4, -0.2) is 36.5 Å². The quantitative estimate of drug-likeness (QED) is 0.852. The van der Waals surface area contributed by atoms with Gasteiger partial charge in [0.2, 0.25) is 5.91 Å². The fraction of sp³-hybridized carbons (Fsp3) is 0.533. The number of nitrogens with one attached hydrogen (secondary N) is 1. The summed E-state index contributed by atoms with van der Waals surface area (Å²) in [5, 5.41) is 3.39. The van der Waals surface area contributed by atoms with Crippen molar-refractivity contribution in [1.82, 2.24) is 10.2 Å². The first kappa shape index (κ1) is 11.7. The van der Waals surface area contributed by atoms with Gasteiger partial charge < -0.3 is 10.2 Å². The summed E-state index contributed by atoms with van der Waals surface area (Å²) in [6.45, 7) is 5.08. The van der Waals surface area contributed by atoms with Crippen molar-refractivity contribution in [2.75, 3.05) is 19.6 Å². The van der Waals surface area contributed by atoms with Gasteiger partial charge in [-0.05, 0) is 24.8 Å². The lowest BCUT2D eigenvalue weighted by atomic mass is 10.0. The van der Waals surface area contributed by atoms with Gasteiger partial charge in [0.15, 0.2) is 0 Å². The third kappa shape index (κ3) is 2.15. The van der Waals surface area contributed by atoms with Crippen LogP contribution < -0.4 is 5.32 Å². The molecule has 2 aliphatic rings. The van der Waals surface area contributed by atoms with E-state index in [4.69, 9.17) is 0 Å². The Labute approximate surface area is 108 Å². The molecule has 3 rings (SSSR count). The third-order valence-electron chi connectivity index (χ3n) is 4.24. The first-order valence-corrected chi connectivity index (χ1v) is 6.80. The minimum Gasteiger partial charge on any atom is -0.338 e. The van der Waals surface area contributed by atoms with E-state index in [1.165, 1.54) is 5.56 Å². The molecule has 96 valence electrons. The van der Waals surface area contributed by atoms with Gasteiger partial charge in [0.25, 0.3) is 0 Å². The second-order valence-electron chi connectivity index (χ2n) is 5.52. The highest BCUT2D eigenvalue weighted by atomic mass is 16.2. The van der Waals surface area contributed by atoms with E-state index in [-0.39, 0.29) is 5.91 Å². The van der Waals surface area contributed by atoms with Crippen LogP contribution in [0.15, 0.2) is 24.3 Å². The molecule has 1 aromatic rings. The predicted octanol–water partition coefficient (Wildman–Crippen LogP) is 1.36. The minimum absolute atomic E-state index is 0.287. The Bertz CT molecular complexity index is 440. The second kappa shape index (κ2) is 4.73. The highest BCUT2D eigenvalue weighted by Crippen LogP contribution is 2.27. The lowest BCUT2D eigenvalue weighted by molar-refractivity contribution is -0.131. The lowest BCUT2D eigenvalue weighted by Gasteiger charge is -2.23. The average molecular weight is 244 g/mol. The molecule has 0 aromatic heterocycles. The zero-order valence-electron chi connectivity index (χ0n) is 10.9. The molecule has 0 saturated carbocycles. The van der Waals surface area contributed by atoms with Crippen LogP contribution in [0.5, 0.6) is 0 Å². The maximum Gasteiger partial charge on any atom is 0.227 e. The summed E-state index contributed by atoms with van der Waals surface area (Å²) in [7, 11) is 0. The molecule has 2 heterocycles. The first-order valence-electron chi connectivity index (χ1n) is 6.80. The van der Waals surface area contributed by atoms with Gasteiger partial charge in [-0.3, -0.25) is 4.79 Å². The molecule has 0 spiro atoms. The standard InChI is InChI=1S/C15H20N2O/c1-11-2-4-12(5-3-11)8-15(18)17-7-6-13-9-16-10-14(13)17/h2-5,13-14,16H,6-10H2,1H3/t13-,14+/m1/s1. The van der Waals surface area contributed by atoms with Crippen molar-refractivity contribution in [3.05, 3.63) is 35.4 Å². The van der Waals surface area contributed by atoms with Crippen molar-refractivity contribution in [3.8, 4) is 0 Å². The number of fused-ring (bicyclic) bond motifs is 1. The zero-order chi connectivity index (χ0) is 12.5. The van der Waals surface area contributed by atoms with E-state index < -0.39 is 0 Å². The van der Waals surface area contributed by atoms with E-state index in [9.17, 15) is 4.79 Å². The Kier molecular flexibility index (Phi) is 3.08. The number of rotatable bonds is 2. The molecular formula is C15H20N2O. The van der Waals surface area contributed by atoms with Gasteiger partial charge in [0.05, 0.1) is 6.42 Å². The van der Waals surface area contributed by atoms with Gasteiger partial charge in [-0.2, -0.15) is 0 Å². The molecule has 1 aromatic carbocycles. The van der Waals surface area contributed by atoms with Crippen LogP contribution in [0.2, 0.25) is 0 Å². The number of benzene rings is 1. The van der Waals surface area contributed by atoms with Crippen LogP contribution >= 0.6 is 0 Å². The van der Waals surface area contributed by atoms with Crippen molar-refractivity contribution in [2.45, 2.75) is 25.8 Å². The number of carbonyl (C=O) groups excluding carboxylic acids is 1. The molecule has 0 unspecified atom stereocenters. The number of hydrogen-bond donors (Lipinski definition) is 1. The van der Waals surface area contributed by atoms with Gasteiger partial charge in [-0.25, -0.2) is 0 Å². The Hall–Kier alpha value is -1.35. The Morgan fingerprint density at radius 2 is 2.11 bits per heavy atom. The molecule has 0 radical (unpaired) electrons. The summed E-state index contributed by atoms with van der Waals surface area (Å²) in [5.74, 6) is 0.974. The molecule has 2 atom stereocenters.